The zero-order valence-corrected chi connectivity index (χ0v) is 14.0. The number of urea groups is 1. The van der Waals surface area contributed by atoms with E-state index in [1.165, 1.54) is 16.8 Å². The zero-order valence-electron chi connectivity index (χ0n) is 14.0. The number of anilines is 1. The van der Waals surface area contributed by atoms with Crippen LogP contribution in [-0.2, 0) is 6.54 Å². The van der Waals surface area contributed by atoms with Crippen molar-refractivity contribution in [2.45, 2.75) is 13.5 Å². The average Bonchev–Trinajstić information content (AvgIpc) is 3.11. The number of nitrogens with zero attached hydrogens (tertiary/aromatic N) is 4. The lowest BCUT2D eigenvalue weighted by molar-refractivity contribution is 0.251. The van der Waals surface area contributed by atoms with Gasteiger partial charge in [-0.2, -0.15) is 4.68 Å². The van der Waals surface area contributed by atoms with Crippen molar-refractivity contribution in [3.05, 3.63) is 60.2 Å². The number of hydrogen-bond acceptors (Lipinski definition) is 5. The monoisotopic (exact) mass is 356 g/mol. The summed E-state index contributed by atoms with van der Waals surface area (Å²) in [7, 11) is 0. The lowest BCUT2D eigenvalue weighted by atomic mass is 10.3. The molecule has 1 aromatic heterocycles. The standard InChI is InChI=1S/C17H17FN6O2/c1-2-26-15-6-4-3-5-14(15)20-17(25)19-11-16-21-22-23-24(16)13-9-7-12(18)8-10-13/h3-10H,2,11H2,1H3,(H2,19,20,25). The number of amides is 2. The fraction of sp³-hybridized carbons (Fsp3) is 0.176. The van der Waals surface area contributed by atoms with Crippen LogP contribution in [0.3, 0.4) is 0 Å². The van der Waals surface area contributed by atoms with E-state index >= 15 is 0 Å². The third-order valence-corrected chi connectivity index (χ3v) is 3.45. The van der Waals surface area contributed by atoms with Crippen molar-refractivity contribution in [3.63, 3.8) is 0 Å². The minimum Gasteiger partial charge on any atom is -0.492 e. The van der Waals surface area contributed by atoms with Gasteiger partial charge in [0.05, 0.1) is 24.5 Å². The second kappa shape index (κ2) is 8.06. The summed E-state index contributed by atoms with van der Waals surface area (Å²) >= 11 is 0. The van der Waals surface area contributed by atoms with Crippen molar-refractivity contribution in [2.24, 2.45) is 0 Å². The van der Waals surface area contributed by atoms with Gasteiger partial charge in [-0.3, -0.25) is 0 Å². The second-order valence-corrected chi connectivity index (χ2v) is 5.22. The van der Waals surface area contributed by atoms with E-state index in [2.05, 4.69) is 26.2 Å². The van der Waals surface area contributed by atoms with Gasteiger partial charge in [-0.1, -0.05) is 12.1 Å². The van der Waals surface area contributed by atoms with Crippen LogP contribution in [0.2, 0.25) is 0 Å². The summed E-state index contributed by atoms with van der Waals surface area (Å²) in [5, 5.41) is 16.7. The highest BCUT2D eigenvalue weighted by atomic mass is 19.1. The molecule has 3 aromatic rings. The number of carbonyl (C=O) groups is 1. The van der Waals surface area contributed by atoms with E-state index in [1.807, 2.05) is 13.0 Å². The molecule has 0 fully saturated rings. The maximum absolute atomic E-state index is 13.0. The Kier molecular flexibility index (Phi) is 5.37. The molecular weight excluding hydrogens is 339 g/mol. The van der Waals surface area contributed by atoms with Gasteiger partial charge >= 0.3 is 6.03 Å². The third kappa shape index (κ3) is 4.12. The van der Waals surface area contributed by atoms with Crippen LogP contribution in [0.1, 0.15) is 12.7 Å². The van der Waals surface area contributed by atoms with Gasteiger partial charge in [-0.15, -0.1) is 5.10 Å². The molecule has 0 aliphatic rings. The van der Waals surface area contributed by atoms with Crippen molar-refractivity contribution in [2.75, 3.05) is 11.9 Å². The molecule has 0 aliphatic heterocycles. The van der Waals surface area contributed by atoms with Gasteiger partial charge in [-0.25, -0.2) is 9.18 Å². The molecule has 2 N–H and O–H groups in total. The van der Waals surface area contributed by atoms with Crippen LogP contribution in [0, 0.1) is 5.82 Å². The molecule has 134 valence electrons. The predicted octanol–water partition coefficient (Wildman–Crippen LogP) is 2.52. The maximum Gasteiger partial charge on any atom is 0.319 e. The summed E-state index contributed by atoms with van der Waals surface area (Å²) in [6, 6.07) is 12.4. The van der Waals surface area contributed by atoms with E-state index in [1.54, 1.807) is 30.3 Å². The van der Waals surface area contributed by atoms with Crippen molar-refractivity contribution in [1.29, 1.82) is 0 Å². The number of nitrogens with one attached hydrogen (secondary N) is 2. The lowest BCUT2D eigenvalue weighted by Gasteiger charge is -2.12. The van der Waals surface area contributed by atoms with Gasteiger partial charge < -0.3 is 15.4 Å². The molecule has 2 amide bonds. The van der Waals surface area contributed by atoms with Crippen molar-refractivity contribution >= 4 is 11.7 Å². The summed E-state index contributed by atoms with van der Waals surface area (Å²) in [5.74, 6) is 0.639. The minimum atomic E-state index is -0.425. The van der Waals surface area contributed by atoms with E-state index in [4.69, 9.17) is 4.74 Å². The Morgan fingerprint density at radius 1 is 1.19 bits per heavy atom. The van der Waals surface area contributed by atoms with Gasteiger partial charge in [0.15, 0.2) is 5.82 Å². The molecule has 0 aliphatic carbocycles. The molecular formula is C17H17FN6O2. The van der Waals surface area contributed by atoms with E-state index in [0.29, 0.717) is 29.6 Å². The van der Waals surface area contributed by atoms with Gasteiger partial charge in [0.2, 0.25) is 0 Å². The molecule has 8 nitrogen and oxygen atoms in total. The largest absolute Gasteiger partial charge is 0.492 e. The quantitative estimate of drug-likeness (QED) is 0.708. The number of para-hydroxylation sites is 2. The van der Waals surface area contributed by atoms with Gasteiger partial charge in [0, 0.05) is 0 Å². The summed E-state index contributed by atoms with van der Waals surface area (Å²) in [5.41, 5.74) is 1.15. The number of tetrazole rings is 1. The molecule has 0 bridgehead atoms. The molecule has 0 saturated carbocycles. The van der Waals surface area contributed by atoms with Crippen LogP contribution in [0.25, 0.3) is 5.69 Å². The van der Waals surface area contributed by atoms with E-state index in [9.17, 15) is 9.18 Å². The molecule has 2 aromatic carbocycles. The second-order valence-electron chi connectivity index (χ2n) is 5.22. The van der Waals surface area contributed by atoms with Gasteiger partial charge in [-0.05, 0) is 53.7 Å². The van der Waals surface area contributed by atoms with Crippen LogP contribution in [0.5, 0.6) is 5.75 Å². The number of benzene rings is 2. The molecule has 9 heteroatoms. The fourth-order valence-corrected chi connectivity index (χ4v) is 2.28. The smallest absolute Gasteiger partial charge is 0.319 e. The third-order valence-electron chi connectivity index (χ3n) is 3.45. The summed E-state index contributed by atoms with van der Waals surface area (Å²) in [6.07, 6.45) is 0. The highest BCUT2D eigenvalue weighted by Gasteiger charge is 2.11. The zero-order chi connectivity index (χ0) is 18.4. The Bertz CT molecular complexity index is 881. The lowest BCUT2D eigenvalue weighted by Crippen LogP contribution is -2.29. The molecule has 0 spiro atoms. The Balaban J connectivity index is 1.64. The van der Waals surface area contributed by atoms with Gasteiger partial charge in [0.25, 0.3) is 0 Å². The predicted molar refractivity (Wildman–Crippen MR) is 92.6 cm³/mol. The first kappa shape index (κ1) is 17.3. The number of hydrogen-bond donors (Lipinski definition) is 2. The van der Waals surface area contributed by atoms with Crippen molar-refractivity contribution in [1.82, 2.24) is 25.5 Å². The van der Waals surface area contributed by atoms with Crippen LogP contribution < -0.4 is 15.4 Å². The molecule has 0 unspecified atom stereocenters. The molecule has 3 rings (SSSR count). The normalized spacial score (nSPS) is 10.4. The Morgan fingerprint density at radius 3 is 2.73 bits per heavy atom. The molecule has 1 heterocycles. The first-order valence-electron chi connectivity index (χ1n) is 7.97. The summed E-state index contributed by atoms with van der Waals surface area (Å²) in [6.45, 7) is 2.45. The number of ether oxygens (including phenoxy) is 1. The SMILES string of the molecule is CCOc1ccccc1NC(=O)NCc1nnnn1-c1ccc(F)cc1. The average molecular weight is 356 g/mol. The van der Waals surface area contributed by atoms with Crippen LogP contribution >= 0.6 is 0 Å². The van der Waals surface area contributed by atoms with E-state index in [0.717, 1.165) is 0 Å². The summed E-state index contributed by atoms with van der Waals surface area (Å²) < 4.78 is 19.9. The number of carbonyl (C=O) groups excluding carboxylic acids is 1. The van der Waals surface area contributed by atoms with Crippen LogP contribution in [-0.4, -0.2) is 32.8 Å². The van der Waals surface area contributed by atoms with Gasteiger partial charge in [0.1, 0.15) is 11.6 Å². The highest BCUT2D eigenvalue weighted by molar-refractivity contribution is 5.90. The van der Waals surface area contributed by atoms with Crippen molar-refractivity contribution in [3.8, 4) is 11.4 Å². The summed E-state index contributed by atoms with van der Waals surface area (Å²) in [4.78, 5) is 12.2. The Labute approximate surface area is 149 Å². The number of rotatable bonds is 6. The van der Waals surface area contributed by atoms with Crippen molar-refractivity contribution < 1.29 is 13.9 Å². The molecule has 0 saturated heterocycles. The van der Waals surface area contributed by atoms with Crippen LogP contribution in [0.4, 0.5) is 14.9 Å². The first-order chi connectivity index (χ1) is 12.7. The maximum atomic E-state index is 13.0. The van der Waals surface area contributed by atoms with E-state index in [-0.39, 0.29) is 12.4 Å². The molecule has 0 radical (unpaired) electrons. The molecule has 26 heavy (non-hydrogen) atoms. The number of aromatic nitrogens is 4. The topological polar surface area (TPSA) is 94.0 Å². The minimum absolute atomic E-state index is 0.0903. The van der Waals surface area contributed by atoms with E-state index < -0.39 is 6.03 Å². The highest BCUT2D eigenvalue weighted by Crippen LogP contribution is 2.23. The van der Waals surface area contributed by atoms with Crippen LogP contribution in [0.15, 0.2) is 48.5 Å². The molecule has 0 atom stereocenters. The fourth-order valence-electron chi connectivity index (χ4n) is 2.28. The Morgan fingerprint density at radius 2 is 1.96 bits per heavy atom. The number of halogens is 1. The first-order valence-corrected chi connectivity index (χ1v) is 7.97. The Hall–Kier alpha value is -3.49.